The molecule has 0 saturated heterocycles. The maximum atomic E-state index is 13.1. The largest absolute Gasteiger partial charge is 0.348 e. The summed E-state index contributed by atoms with van der Waals surface area (Å²) in [6, 6.07) is 11.2. The summed E-state index contributed by atoms with van der Waals surface area (Å²) in [7, 11) is 0. The Morgan fingerprint density at radius 1 is 1.17 bits per heavy atom. The number of benzene rings is 2. The van der Waals surface area contributed by atoms with Crippen LogP contribution in [-0.2, 0) is 11.3 Å². The summed E-state index contributed by atoms with van der Waals surface area (Å²) < 4.78 is 13.5. The first-order chi connectivity index (χ1) is 11.4. The van der Waals surface area contributed by atoms with Gasteiger partial charge in [-0.25, -0.2) is 4.39 Å². The molecule has 2 rings (SSSR count). The normalized spacial score (nSPS) is 10.5. The molecule has 0 saturated carbocycles. The van der Waals surface area contributed by atoms with Gasteiger partial charge in [0.05, 0.1) is 5.56 Å². The lowest BCUT2D eigenvalue weighted by Gasteiger charge is -2.10. The quantitative estimate of drug-likeness (QED) is 0.803. The highest BCUT2D eigenvalue weighted by atomic mass is 79.9. The first kappa shape index (κ1) is 18.1. The Kier molecular flexibility index (Phi) is 6.09. The minimum absolute atomic E-state index is 0.0635. The van der Waals surface area contributed by atoms with Gasteiger partial charge in [0, 0.05) is 22.6 Å². The lowest BCUT2D eigenvalue weighted by Crippen LogP contribution is -2.23. The van der Waals surface area contributed by atoms with E-state index in [2.05, 4.69) is 26.6 Å². The molecule has 0 aliphatic carbocycles. The highest BCUT2D eigenvalue weighted by Gasteiger charge is 2.11. The molecule has 24 heavy (non-hydrogen) atoms. The third kappa shape index (κ3) is 4.89. The molecule has 126 valence electrons. The van der Waals surface area contributed by atoms with Gasteiger partial charge in [-0.1, -0.05) is 26.0 Å². The summed E-state index contributed by atoms with van der Waals surface area (Å²) in [6.45, 7) is 3.94. The molecule has 0 atom stereocenters. The molecule has 0 unspecified atom stereocenters. The van der Waals surface area contributed by atoms with Crippen LogP contribution in [0.5, 0.6) is 0 Å². The lowest BCUT2D eigenvalue weighted by molar-refractivity contribution is -0.118. The Hall–Kier alpha value is -2.21. The summed E-state index contributed by atoms with van der Waals surface area (Å²) in [5.74, 6) is -0.888. The minimum atomic E-state index is -0.410. The zero-order valence-electron chi connectivity index (χ0n) is 13.4. The molecular weight excluding hydrogens is 375 g/mol. The molecule has 2 aromatic carbocycles. The zero-order chi connectivity index (χ0) is 17.7. The average Bonchev–Trinajstić information content (AvgIpc) is 2.53. The van der Waals surface area contributed by atoms with Crippen LogP contribution in [0.25, 0.3) is 0 Å². The van der Waals surface area contributed by atoms with Gasteiger partial charge in [0.25, 0.3) is 5.91 Å². The maximum absolute atomic E-state index is 13.1. The Labute approximate surface area is 148 Å². The van der Waals surface area contributed by atoms with Crippen molar-refractivity contribution in [1.82, 2.24) is 5.32 Å². The fourth-order valence-corrected chi connectivity index (χ4v) is 2.53. The Balaban J connectivity index is 2.01. The second kappa shape index (κ2) is 8.06. The van der Waals surface area contributed by atoms with Crippen molar-refractivity contribution in [2.24, 2.45) is 5.92 Å². The number of hydrogen-bond donors (Lipinski definition) is 2. The van der Waals surface area contributed by atoms with Crippen molar-refractivity contribution in [3.05, 3.63) is 63.9 Å². The second-order valence-electron chi connectivity index (χ2n) is 5.65. The number of halogens is 2. The molecule has 4 nitrogen and oxygen atoms in total. The molecule has 6 heteroatoms. The van der Waals surface area contributed by atoms with Crippen molar-refractivity contribution >= 4 is 33.4 Å². The smallest absolute Gasteiger partial charge is 0.252 e. The van der Waals surface area contributed by atoms with Gasteiger partial charge in [-0.15, -0.1) is 0 Å². The summed E-state index contributed by atoms with van der Waals surface area (Å²) >= 11 is 3.18. The standard InChI is InChI=1S/C18H18BrFN2O2/c1-11(2)17(23)22-14-5-3-4-12(8-14)10-21-18(24)15-7-6-13(20)9-16(15)19/h3-9,11H,10H2,1-2H3,(H,21,24)(H,22,23). The Morgan fingerprint density at radius 2 is 1.92 bits per heavy atom. The van der Waals surface area contributed by atoms with Crippen LogP contribution in [0.3, 0.4) is 0 Å². The summed E-state index contributed by atoms with van der Waals surface area (Å²) in [5, 5.41) is 5.59. The number of carbonyl (C=O) groups excluding carboxylic acids is 2. The van der Waals surface area contributed by atoms with Crippen molar-refractivity contribution < 1.29 is 14.0 Å². The van der Waals surface area contributed by atoms with Gasteiger partial charge < -0.3 is 10.6 Å². The van der Waals surface area contributed by atoms with Crippen LogP contribution in [0.15, 0.2) is 46.9 Å². The van der Waals surface area contributed by atoms with E-state index in [0.29, 0.717) is 22.3 Å². The van der Waals surface area contributed by atoms with Crippen LogP contribution in [0, 0.1) is 11.7 Å². The molecule has 0 aliphatic rings. The first-order valence-electron chi connectivity index (χ1n) is 7.50. The Bertz CT molecular complexity index is 762. The van der Waals surface area contributed by atoms with Gasteiger partial charge in [0.2, 0.25) is 5.91 Å². The molecule has 2 N–H and O–H groups in total. The van der Waals surface area contributed by atoms with Crippen LogP contribution in [0.4, 0.5) is 10.1 Å². The third-order valence-corrected chi connectivity index (χ3v) is 4.00. The van der Waals surface area contributed by atoms with Crippen LogP contribution < -0.4 is 10.6 Å². The summed E-state index contributed by atoms with van der Waals surface area (Å²) in [4.78, 5) is 23.9. The van der Waals surface area contributed by atoms with E-state index in [0.717, 1.165) is 5.56 Å². The van der Waals surface area contributed by atoms with E-state index in [1.807, 2.05) is 26.0 Å². The molecule has 2 amide bonds. The van der Waals surface area contributed by atoms with Gasteiger partial charge >= 0.3 is 0 Å². The number of rotatable bonds is 5. The molecule has 0 fully saturated rings. The van der Waals surface area contributed by atoms with Crippen molar-refractivity contribution in [3.8, 4) is 0 Å². The van der Waals surface area contributed by atoms with Crippen molar-refractivity contribution in [1.29, 1.82) is 0 Å². The number of carbonyl (C=O) groups is 2. The fourth-order valence-electron chi connectivity index (χ4n) is 2.00. The highest BCUT2D eigenvalue weighted by molar-refractivity contribution is 9.10. The van der Waals surface area contributed by atoms with Crippen LogP contribution in [0.1, 0.15) is 29.8 Å². The highest BCUT2D eigenvalue weighted by Crippen LogP contribution is 2.18. The van der Waals surface area contributed by atoms with Crippen molar-refractivity contribution in [2.75, 3.05) is 5.32 Å². The molecule has 0 radical (unpaired) electrons. The fraction of sp³-hybridized carbons (Fsp3) is 0.222. The Morgan fingerprint density at radius 3 is 2.58 bits per heavy atom. The second-order valence-corrected chi connectivity index (χ2v) is 6.51. The molecular formula is C18H18BrFN2O2. The van der Waals surface area contributed by atoms with Crippen LogP contribution in [0.2, 0.25) is 0 Å². The molecule has 0 spiro atoms. The van der Waals surface area contributed by atoms with E-state index >= 15 is 0 Å². The monoisotopic (exact) mass is 392 g/mol. The van der Waals surface area contributed by atoms with E-state index in [4.69, 9.17) is 0 Å². The summed E-state index contributed by atoms with van der Waals surface area (Å²) in [6.07, 6.45) is 0. The van der Waals surface area contributed by atoms with E-state index < -0.39 is 5.82 Å². The van der Waals surface area contributed by atoms with Crippen molar-refractivity contribution in [2.45, 2.75) is 20.4 Å². The number of hydrogen-bond acceptors (Lipinski definition) is 2. The minimum Gasteiger partial charge on any atom is -0.348 e. The molecule has 0 heterocycles. The molecule has 2 aromatic rings. The predicted octanol–water partition coefficient (Wildman–Crippen LogP) is 4.11. The lowest BCUT2D eigenvalue weighted by atomic mass is 10.1. The van der Waals surface area contributed by atoms with E-state index in [1.54, 1.807) is 12.1 Å². The van der Waals surface area contributed by atoms with Gasteiger partial charge in [0.15, 0.2) is 0 Å². The number of anilines is 1. The molecule has 0 bridgehead atoms. The first-order valence-corrected chi connectivity index (χ1v) is 8.29. The van der Waals surface area contributed by atoms with E-state index in [1.165, 1.54) is 18.2 Å². The number of amides is 2. The van der Waals surface area contributed by atoms with Gasteiger partial charge in [-0.3, -0.25) is 9.59 Å². The molecule has 0 aromatic heterocycles. The van der Waals surface area contributed by atoms with Gasteiger partial charge in [-0.05, 0) is 51.8 Å². The zero-order valence-corrected chi connectivity index (χ0v) is 15.0. The van der Waals surface area contributed by atoms with Crippen molar-refractivity contribution in [3.63, 3.8) is 0 Å². The van der Waals surface area contributed by atoms with Crippen LogP contribution >= 0.6 is 15.9 Å². The topological polar surface area (TPSA) is 58.2 Å². The van der Waals surface area contributed by atoms with E-state index in [9.17, 15) is 14.0 Å². The summed E-state index contributed by atoms with van der Waals surface area (Å²) in [5.41, 5.74) is 1.90. The third-order valence-electron chi connectivity index (χ3n) is 3.35. The van der Waals surface area contributed by atoms with Crippen LogP contribution in [-0.4, -0.2) is 11.8 Å². The van der Waals surface area contributed by atoms with E-state index in [-0.39, 0.29) is 17.7 Å². The number of nitrogens with one attached hydrogen (secondary N) is 2. The SMILES string of the molecule is CC(C)C(=O)Nc1cccc(CNC(=O)c2ccc(F)cc2Br)c1. The van der Waals surface area contributed by atoms with Gasteiger partial charge in [0.1, 0.15) is 5.82 Å². The molecule has 0 aliphatic heterocycles. The maximum Gasteiger partial charge on any atom is 0.252 e. The average molecular weight is 393 g/mol. The van der Waals surface area contributed by atoms with Gasteiger partial charge in [-0.2, -0.15) is 0 Å². The predicted molar refractivity (Wildman–Crippen MR) is 95.2 cm³/mol.